The highest BCUT2D eigenvalue weighted by molar-refractivity contribution is 6.32. The first-order chi connectivity index (χ1) is 8.11. The first-order valence-corrected chi connectivity index (χ1v) is 6.04. The average molecular weight is 292 g/mol. The number of ether oxygens (including phenoxy) is 1. The van der Waals surface area contributed by atoms with Gasteiger partial charge in [-0.25, -0.2) is 0 Å². The molecule has 2 aromatic rings. The Morgan fingerprint density at radius 1 is 1.18 bits per heavy atom. The summed E-state index contributed by atoms with van der Waals surface area (Å²) in [6.07, 6.45) is 0. The summed E-state index contributed by atoms with van der Waals surface area (Å²) in [7, 11) is 1.56. The first-order valence-electron chi connectivity index (χ1n) is 4.84. The van der Waals surface area contributed by atoms with E-state index in [1.807, 2.05) is 6.07 Å². The van der Waals surface area contributed by atoms with Crippen molar-refractivity contribution < 1.29 is 9.15 Å². The summed E-state index contributed by atoms with van der Waals surface area (Å²) in [5, 5.41) is 0.393. The van der Waals surface area contributed by atoms with Crippen LogP contribution in [-0.4, -0.2) is 7.11 Å². The largest absolute Gasteiger partial charge is 0.495 e. The second-order valence-electron chi connectivity index (χ2n) is 3.40. The fourth-order valence-electron chi connectivity index (χ4n) is 1.47. The van der Waals surface area contributed by atoms with Crippen molar-refractivity contribution in [2.45, 2.75) is 5.38 Å². The summed E-state index contributed by atoms with van der Waals surface area (Å²) in [6, 6.07) is 8.72. The van der Waals surface area contributed by atoms with Crippen molar-refractivity contribution in [1.82, 2.24) is 0 Å². The molecule has 0 radical (unpaired) electrons. The maximum atomic E-state index is 6.26. The highest BCUT2D eigenvalue weighted by Gasteiger charge is 2.16. The molecule has 1 heterocycles. The van der Waals surface area contributed by atoms with E-state index in [2.05, 4.69) is 0 Å². The molecule has 1 atom stereocenters. The normalized spacial score (nSPS) is 12.5. The van der Waals surface area contributed by atoms with Gasteiger partial charge >= 0.3 is 0 Å². The highest BCUT2D eigenvalue weighted by Crippen LogP contribution is 2.35. The van der Waals surface area contributed by atoms with Crippen molar-refractivity contribution in [3.63, 3.8) is 0 Å². The monoisotopic (exact) mass is 290 g/mol. The molecule has 0 aliphatic carbocycles. The third-order valence-corrected chi connectivity index (χ3v) is 3.28. The van der Waals surface area contributed by atoms with Crippen molar-refractivity contribution in [3.8, 4) is 5.75 Å². The fourth-order valence-corrected chi connectivity index (χ4v) is 2.14. The molecule has 0 fully saturated rings. The molecule has 2 rings (SSSR count). The van der Waals surface area contributed by atoms with Gasteiger partial charge in [-0.2, -0.15) is 0 Å². The minimum Gasteiger partial charge on any atom is -0.495 e. The zero-order valence-corrected chi connectivity index (χ0v) is 11.2. The molecule has 0 aliphatic heterocycles. The van der Waals surface area contributed by atoms with Crippen LogP contribution in [0.15, 0.2) is 34.7 Å². The summed E-state index contributed by atoms with van der Waals surface area (Å²) in [5.41, 5.74) is 0.823. The molecule has 0 saturated heterocycles. The van der Waals surface area contributed by atoms with E-state index in [1.54, 1.807) is 31.4 Å². The molecule has 0 bridgehead atoms. The van der Waals surface area contributed by atoms with Gasteiger partial charge in [0.05, 0.1) is 12.1 Å². The van der Waals surface area contributed by atoms with Gasteiger partial charge in [0.15, 0.2) is 5.22 Å². The van der Waals surface area contributed by atoms with Gasteiger partial charge in [-0.15, -0.1) is 11.6 Å². The zero-order chi connectivity index (χ0) is 12.4. The number of hydrogen-bond donors (Lipinski definition) is 0. The van der Waals surface area contributed by atoms with Crippen LogP contribution in [0.4, 0.5) is 0 Å². The number of hydrogen-bond acceptors (Lipinski definition) is 2. The number of alkyl halides is 1. The predicted molar refractivity (Wildman–Crippen MR) is 69.4 cm³/mol. The van der Waals surface area contributed by atoms with Crippen LogP contribution in [0.2, 0.25) is 10.2 Å². The topological polar surface area (TPSA) is 22.4 Å². The van der Waals surface area contributed by atoms with Crippen LogP contribution in [0, 0.1) is 0 Å². The van der Waals surface area contributed by atoms with Crippen molar-refractivity contribution in [3.05, 3.63) is 51.9 Å². The Balaban J connectivity index is 2.31. The van der Waals surface area contributed by atoms with E-state index in [0.29, 0.717) is 21.8 Å². The molecule has 0 aliphatic rings. The minimum absolute atomic E-state index is 0.310. The van der Waals surface area contributed by atoms with Crippen LogP contribution >= 0.6 is 34.8 Å². The summed E-state index contributed by atoms with van der Waals surface area (Å²) in [4.78, 5) is 0. The maximum absolute atomic E-state index is 6.26. The summed E-state index contributed by atoms with van der Waals surface area (Å²) >= 11 is 18.0. The Bertz CT molecular complexity index is 522. The third-order valence-electron chi connectivity index (χ3n) is 2.31. The highest BCUT2D eigenvalue weighted by atomic mass is 35.5. The van der Waals surface area contributed by atoms with Crippen LogP contribution in [0.5, 0.6) is 5.75 Å². The van der Waals surface area contributed by atoms with Crippen LogP contribution in [-0.2, 0) is 0 Å². The van der Waals surface area contributed by atoms with Gasteiger partial charge in [-0.1, -0.05) is 17.7 Å². The minimum atomic E-state index is -0.425. The van der Waals surface area contributed by atoms with Crippen molar-refractivity contribution in [2.24, 2.45) is 0 Å². The smallest absolute Gasteiger partial charge is 0.193 e. The van der Waals surface area contributed by atoms with E-state index in [4.69, 9.17) is 44.0 Å². The van der Waals surface area contributed by atoms with Gasteiger partial charge in [0.2, 0.25) is 0 Å². The SMILES string of the molecule is COc1ccc(C(Cl)c2ccc(Cl)o2)cc1Cl. The standard InChI is InChI=1S/C12H9Cl3O2/c1-16-9-3-2-7(6-8(9)13)12(15)10-4-5-11(14)17-10/h2-6,12H,1H3. The molecule has 0 saturated carbocycles. The zero-order valence-electron chi connectivity index (χ0n) is 8.91. The maximum Gasteiger partial charge on any atom is 0.193 e. The lowest BCUT2D eigenvalue weighted by Crippen LogP contribution is -1.92. The van der Waals surface area contributed by atoms with Gasteiger partial charge in [-0.05, 0) is 41.4 Å². The van der Waals surface area contributed by atoms with Crippen molar-refractivity contribution in [1.29, 1.82) is 0 Å². The Morgan fingerprint density at radius 2 is 1.94 bits per heavy atom. The van der Waals surface area contributed by atoms with Gasteiger partial charge in [0.25, 0.3) is 0 Å². The molecular formula is C12H9Cl3O2. The van der Waals surface area contributed by atoms with E-state index in [0.717, 1.165) is 5.56 Å². The van der Waals surface area contributed by atoms with Crippen LogP contribution in [0.1, 0.15) is 16.7 Å². The van der Waals surface area contributed by atoms with E-state index in [1.165, 1.54) is 0 Å². The van der Waals surface area contributed by atoms with E-state index >= 15 is 0 Å². The van der Waals surface area contributed by atoms with Gasteiger partial charge < -0.3 is 9.15 Å². The number of methoxy groups -OCH3 is 1. The quantitative estimate of drug-likeness (QED) is 0.749. The first kappa shape index (κ1) is 12.6. The number of furan rings is 1. The van der Waals surface area contributed by atoms with E-state index in [9.17, 15) is 0 Å². The molecule has 90 valence electrons. The van der Waals surface area contributed by atoms with Crippen molar-refractivity contribution >= 4 is 34.8 Å². The Labute approximate surface area is 114 Å². The molecule has 5 heteroatoms. The predicted octanol–water partition coefficient (Wildman–Crippen LogP) is 4.92. The molecule has 0 spiro atoms. The molecule has 0 N–H and O–H groups in total. The Kier molecular flexibility index (Phi) is 3.87. The van der Waals surface area contributed by atoms with Crippen molar-refractivity contribution in [2.75, 3.05) is 7.11 Å². The van der Waals surface area contributed by atoms with E-state index in [-0.39, 0.29) is 0 Å². The third kappa shape index (κ3) is 2.71. The van der Waals surface area contributed by atoms with Gasteiger partial charge in [0, 0.05) is 0 Å². The van der Waals surface area contributed by atoms with Crippen LogP contribution in [0.3, 0.4) is 0 Å². The number of rotatable bonds is 3. The second kappa shape index (κ2) is 5.21. The van der Waals surface area contributed by atoms with Crippen LogP contribution in [0.25, 0.3) is 0 Å². The second-order valence-corrected chi connectivity index (χ2v) is 4.61. The average Bonchev–Trinajstić information content (AvgIpc) is 2.75. The molecule has 17 heavy (non-hydrogen) atoms. The Morgan fingerprint density at radius 3 is 2.47 bits per heavy atom. The lowest BCUT2D eigenvalue weighted by molar-refractivity contribution is 0.415. The number of halogens is 3. The Hall–Kier alpha value is -0.830. The summed E-state index contributed by atoms with van der Waals surface area (Å²) < 4.78 is 10.3. The molecular weight excluding hydrogens is 282 g/mol. The van der Waals surface area contributed by atoms with E-state index < -0.39 is 5.38 Å². The lowest BCUT2D eigenvalue weighted by Gasteiger charge is -2.09. The summed E-state index contributed by atoms with van der Waals surface area (Å²) in [6.45, 7) is 0. The van der Waals surface area contributed by atoms with Crippen LogP contribution < -0.4 is 4.74 Å². The molecule has 0 amide bonds. The lowest BCUT2D eigenvalue weighted by atomic mass is 10.1. The van der Waals surface area contributed by atoms with Gasteiger partial charge in [-0.3, -0.25) is 0 Å². The fraction of sp³-hybridized carbons (Fsp3) is 0.167. The number of benzene rings is 1. The molecule has 1 aromatic carbocycles. The molecule has 1 aromatic heterocycles. The molecule has 2 nitrogen and oxygen atoms in total. The molecule has 1 unspecified atom stereocenters. The summed E-state index contributed by atoms with van der Waals surface area (Å²) in [5.74, 6) is 1.19. The van der Waals surface area contributed by atoms with Gasteiger partial charge in [0.1, 0.15) is 16.9 Å².